The second kappa shape index (κ2) is 6.77. The first-order valence-electron chi connectivity index (χ1n) is 8.09. The predicted octanol–water partition coefficient (Wildman–Crippen LogP) is 3.70. The molecule has 1 aromatic heterocycles. The quantitative estimate of drug-likeness (QED) is 0.903. The zero-order valence-corrected chi connectivity index (χ0v) is 13.6. The summed E-state index contributed by atoms with van der Waals surface area (Å²) in [7, 11) is 0. The van der Waals surface area contributed by atoms with Crippen LogP contribution in [0.5, 0.6) is 0 Å². The van der Waals surface area contributed by atoms with Gasteiger partial charge in [-0.1, -0.05) is 25.0 Å². The molecule has 0 radical (unpaired) electrons. The molecule has 1 aliphatic rings. The number of nitrogens with zero attached hydrogens (tertiary/aromatic N) is 2. The lowest BCUT2D eigenvalue weighted by molar-refractivity contribution is 0.102. The molecule has 120 valence electrons. The van der Waals surface area contributed by atoms with E-state index in [1.54, 1.807) is 6.20 Å². The highest BCUT2D eigenvalue weighted by molar-refractivity contribution is 6.03. The van der Waals surface area contributed by atoms with Crippen molar-refractivity contribution in [2.24, 2.45) is 0 Å². The number of benzene rings is 1. The molecular weight excluding hydrogens is 288 g/mol. The summed E-state index contributed by atoms with van der Waals surface area (Å²) in [4.78, 5) is 20.8. The van der Waals surface area contributed by atoms with Crippen molar-refractivity contribution in [3.63, 3.8) is 0 Å². The SMILES string of the molecule is Cc1cccc(NC(=O)c2cnc(NC3CCCC3)cn2)c1C. The Labute approximate surface area is 136 Å². The van der Waals surface area contributed by atoms with E-state index in [1.165, 1.54) is 31.9 Å². The average molecular weight is 310 g/mol. The van der Waals surface area contributed by atoms with E-state index in [0.29, 0.717) is 11.7 Å². The fourth-order valence-corrected chi connectivity index (χ4v) is 2.87. The van der Waals surface area contributed by atoms with E-state index < -0.39 is 0 Å². The number of anilines is 2. The van der Waals surface area contributed by atoms with Gasteiger partial charge in [-0.05, 0) is 43.9 Å². The molecule has 1 saturated carbocycles. The Hall–Kier alpha value is -2.43. The van der Waals surface area contributed by atoms with Gasteiger partial charge in [-0.15, -0.1) is 0 Å². The lowest BCUT2D eigenvalue weighted by atomic mass is 10.1. The molecule has 5 nitrogen and oxygen atoms in total. The van der Waals surface area contributed by atoms with Gasteiger partial charge in [-0.25, -0.2) is 9.97 Å². The summed E-state index contributed by atoms with van der Waals surface area (Å²) in [6, 6.07) is 6.33. The summed E-state index contributed by atoms with van der Waals surface area (Å²) in [5.41, 5.74) is 3.34. The Morgan fingerprint density at radius 2 is 1.91 bits per heavy atom. The van der Waals surface area contributed by atoms with Crippen LogP contribution >= 0.6 is 0 Å². The maximum Gasteiger partial charge on any atom is 0.275 e. The van der Waals surface area contributed by atoms with E-state index in [9.17, 15) is 4.79 Å². The van der Waals surface area contributed by atoms with Gasteiger partial charge >= 0.3 is 0 Å². The minimum Gasteiger partial charge on any atom is -0.366 e. The molecule has 1 aromatic carbocycles. The van der Waals surface area contributed by atoms with Gasteiger partial charge in [0.15, 0.2) is 0 Å². The Kier molecular flexibility index (Phi) is 4.55. The number of carbonyl (C=O) groups excluding carboxylic acids is 1. The van der Waals surface area contributed by atoms with Crippen LogP contribution in [0.1, 0.15) is 47.3 Å². The van der Waals surface area contributed by atoms with Gasteiger partial charge in [0, 0.05) is 11.7 Å². The Morgan fingerprint density at radius 1 is 1.13 bits per heavy atom. The van der Waals surface area contributed by atoms with Crippen molar-refractivity contribution in [1.29, 1.82) is 0 Å². The summed E-state index contributed by atoms with van der Waals surface area (Å²) in [5.74, 6) is 0.499. The first-order valence-corrected chi connectivity index (χ1v) is 8.09. The third-order valence-corrected chi connectivity index (χ3v) is 4.44. The van der Waals surface area contributed by atoms with Crippen LogP contribution in [0.2, 0.25) is 0 Å². The zero-order valence-electron chi connectivity index (χ0n) is 13.6. The highest BCUT2D eigenvalue weighted by Crippen LogP contribution is 2.21. The number of aromatic nitrogens is 2. The van der Waals surface area contributed by atoms with Crippen LogP contribution in [0.15, 0.2) is 30.6 Å². The zero-order chi connectivity index (χ0) is 16.2. The number of aryl methyl sites for hydroxylation is 1. The fourth-order valence-electron chi connectivity index (χ4n) is 2.87. The fraction of sp³-hybridized carbons (Fsp3) is 0.389. The molecule has 1 heterocycles. The van der Waals surface area contributed by atoms with Crippen LogP contribution in [0.4, 0.5) is 11.5 Å². The van der Waals surface area contributed by atoms with Gasteiger partial charge in [0.1, 0.15) is 11.5 Å². The monoisotopic (exact) mass is 310 g/mol. The van der Waals surface area contributed by atoms with Crippen molar-refractivity contribution in [2.45, 2.75) is 45.6 Å². The van der Waals surface area contributed by atoms with Crippen LogP contribution in [0.3, 0.4) is 0 Å². The summed E-state index contributed by atoms with van der Waals surface area (Å²) in [5, 5.41) is 6.27. The number of hydrogen-bond acceptors (Lipinski definition) is 4. The molecule has 2 aromatic rings. The van der Waals surface area contributed by atoms with Crippen molar-refractivity contribution in [2.75, 3.05) is 10.6 Å². The Balaban J connectivity index is 1.66. The molecule has 0 unspecified atom stereocenters. The van der Waals surface area contributed by atoms with Crippen LogP contribution in [-0.4, -0.2) is 21.9 Å². The molecule has 0 saturated heterocycles. The first-order chi connectivity index (χ1) is 11.1. The average Bonchev–Trinajstić information content (AvgIpc) is 3.05. The lowest BCUT2D eigenvalue weighted by Gasteiger charge is -2.12. The molecule has 1 fully saturated rings. The summed E-state index contributed by atoms with van der Waals surface area (Å²) in [6.07, 6.45) is 8.05. The first kappa shape index (κ1) is 15.5. The molecule has 23 heavy (non-hydrogen) atoms. The molecular formula is C18H22N4O. The molecule has 0 spiro atoms. The minimum atomic E-state index is -0.237. The number of amides is 1. The van der Waals surface area contributed by atoms with Crippen LogP contribution < -0.4 is 10.6 Å². The number of carbonyl (C=O) groups is 1. The summed E-state index contributed by atoms with van der Waals surface area (Å²) < 4.78 is 0. The number of rotatable bonds is 4. The highest BCUT2D eigenvalue weighted by atomic mass is 16.1. The lowest BCUT2D eigenvalue weighted by Crippen LogP contribution is -2.18. The predicted molar refractivity (Wildman–Crippen MR) is 91.8 cm³/mol. The van der Waals surface area contributed by atoms with E-state index in [2.05, 4.69) is 20.6 Å². The van der Waals surface area contributed by atoms with E-state index in [-0.39, 0.29) is 5.91 Å². The van der Waals surface area contributed by atoms with E-state index in [1.807, 2.05) is 32.0 Å². The van der Waals surface area contributed by atoms with Crippen molar-refractivity contribution < 1.29 is 4.79 Å². The molecule has 0 aliphatic heterocycles. The van der Waals surface area contributed by atoms with Crippen molar-refractivity contribution in [3.05, 3.63) is 47.4 Å². The third kappa shape index (κ3) is 3.67. The summed E-state index contributed by atoms with van der Waals surface area (Å²) in [6.45, 7) is 4.01. The molecule has 0 atom stereocenters. The smallest absolute Gasteiger partial charge is 0.275 e. The van der Waals surface area contributed by atoms with Gasteiger partial charge in [0.25, 0.3) is 5.91 Å². The second-order valence-corrected chi connectivity index (χ2v) is 6.11. The molecule has 0 bridgehead atoms. The largest absolute Gasteiger partial charge is 0.366 e. The minimum absolute atomic E-state index is 0.237. The number of nitrogens with one attached hydrogen (secondary N) is 2. The van der Waals surface area contributed by atoms with Gasteiger partial charge < -0.3 is 10.6 Å². The maximum atomic E-state index is 12.3. The van der Waals surface area contributed by atoms with Gasteiger partial charge in [-0.3, -0.25) is 4.79 Å². The second-order valence-electron chi connectivity index (χ2n) is 6.11. The molecule has 5 heteroatoms. The number of hydrogen-bond donors (Lipinski definition) is 2. The van der Waals surface area contributed by atoms with Gasteiger partial charge in [-0.2, -0.15) is 0 Å². The van der Waals surface area contributed by atoms with Crippen LogP contribution in [-0.2, 0) is 0 Å². The normalized spacial score (nSPS) is 14.7. The molecule has 1 aliphatic carbocycles. The topological polar surface area (TPSA) is 66.9 Å². The van der Waals surface area contributed by atoms with Crippen LogP contribution in [0, 0.1) is 13.8 Å². The molecule has 3 rings (SSSR count). The molecule has 1 amide bonds. The Morgan fingerprint density at radius 3 is 2.61 bits per heavy atom. The standard InChI is InChI=1S/C18H22N4O/c1-12-6-5-9-15(13(12)2)22-18(23)16-10-20-17(11-19-16)21-14-7-3-4-8-14/h5-6,9-11,14H,3-4,7-8H2,1-2H3,(H,20,21)(H,22,23). The third-order valence-electron chi connectivity index (χ3n) is 4.44. The highest BCUT2D eigenvalue weighted by Gasteiger charge is 2.16. The Bertz CT molecular complexity index is 691. The van der Waals surface area contributed by atoms with E-state index in [4.69, 9.17) is 0 Å². The van der Waals surface area contributed by atoms with Crippen molar-refractivity contribution >= 4 is 17.4 Å². The van der Waals surface area contributed by atoms with Crippen LogP contribution in [0.25, 0.3) is 0 Å². The van der Waals surface area contributed by atoms with E-state index >= 15 is 0 Å². The van der Waals surface area contributed by atoms with E-state index in [0.717, 1.165) is 22.6 Å². The van der Waals surface area contributed by atoms with Crippen molar-refractivity contribution in [1.82, 2.24) is 9.97 Å². The summed E-state index contributed by atoms with van der Waals surface area (Å²) >= 11 is 0. The van der Waals surface area contributed by atoms with Gasteiger partial charge in [0.05, 0.1) is 12.4 Å². The maximum absolute atomic E-state index is 12.3. The van der Waals surface area contributed by atoms with Crippen molar-refractivity contribution in [3.8, 4) is 0 Å². The molecule has 2 N–H and O–H groups in total. The van der Waals surface area contributed by atoms with Gasteiger partial charge in [0.2, 0.25) is 0 Å².